The van der Waals surface area contributed by atoms with Crippen LogP contribution in [-0.2, 0) is 10.2 Å². The molecule has 0 saturated carbocycles. The average molecular weight is 338 g/mol. The van der Waals surface area contributed by atoms with Gasteiger partial charge in [-0.1, -0.05) is 51.1 Å². The van der Waals surface area contributed by atoms with Crippen molar-refractivity contribution >= 4 is 23.4 Å². The predicted octanol–water partition coefficient (Wildman–Crippen LogP) is 4.85. The minimum Gasteiger partial charge on any atom is -0.317 e. The molecule has 0 heterocycles. The lowest BCUT2D eigenvalue weighted by molar-refractivity contribution is -0.384. The molecule has 0 fully saturated rings. The molecule has 1 amide bonds. The van der Waals surface area contributed by atoms with Crippen molar-refractivity contribution in [2.24, 2.45) is 0 Å². The molecule has 0 aliphatic heterocycles. The number of nitro groups is 1. The van der Waals surface area contributed by atoms with E-state index in [1.165, 1.54) is 23.8 Å². The molecular weight excluding hydrogens is 316 g/mol. The number of anilines is 1. The van der Waals surface area contributed by atoms with Crippen LogP contribution in [-0.4, -0.2) is 10.8 Å². The Kier molecular flexibility index (Phi) is 5.37. The molecule has 0 radical (unpaired) electrons. The van der Waals surface area contributed by atoms with E-state index in [2.05, 4.69) is 26.1 Å². The number of nitro benzene ring substituents is 1. The van der Waals surface area contributed by atoms with Crippen molar-refractivity contribution in [2.45, 2.75) is 33.1 Å². The maximum absolute atomic E-state index is 12.1. The standard InChI is InChI=1S/C20H22N2O3/c1-14-5-11-17(18(13-14)22(24)25)21-19(23)12-8-15-6-9-16(10-7-15)20(2,3)4/h5-13H,1-4H3,(H,21,23). The summed E-state index contributed by atoms with van der Waals surface area (Å²) >= 11 is 0. The van der Waals surface area contributed by atoms with Crippen LogP contribution in [0.2, 0.25) is 0 Å². The Morgan fingerprint density at radius 1 is 1.12 bits per heavy atom. The van der Waals surface area contributed by atoms with E-state index in [1.807, 2.05) is 24.3 Å². The van der Waals surface area contributed by atoms with Gasteiger partial charge in [-0.05, 0) is 41.2 Å². The van der Waals surface area contributed by atoms with E-state index in [-0.39, 0.29) is 16.8 Å². The van der Waals surface area contributed by atoms with Crippen molar-refractivity contribution in [3.63, 3.8) is 0 Å². The van der Waals surface area contributed by atoms with E-state index < -0.39 is 10.8 Å². The zero-order chi connectivity index (χ0) is 18.6. The molecule has 5 nitrogen and oxygen atoms in total. The normalized spacial score (nSPS) is 11.5. The second-order valence-electron chi connectivity index (χ2n) is 6.97. The van der Waals surface area contributed by atoms with Gasteiger partial charge in [-0.3, -0.25) is 14.9 Å². The minimum atomic E-state index is -0.502. The van der Waals surface area contributed by atoms with Gasteiger partial charge in [-0.2, -0.15) is 0 Å². The summed E-state index contributed by atoms with van der Waals surface area (Å²) in [6.07, 6.45) is 3.05. The zero-order valence-corrected chi connectivity index (χ0v) is 14.9. The Morgan fingerprint density at radius 2 is 1.76 bits per heavy atom. The third kappa shape index (κ3) is 5.01. The Labute approximate surface area is 147 Å². The molecule has 2 aromatic rings. The zero-order valence-electron chi connectivity index (χ0n) is 14.9. The number of hydrogen-bond donors (Lipinski definition) is 1. The number of amides is 1. The SMILES string of the molecule is Cc1ccc(NC(=O)C=Cc2ccc(C(C)(C)C)cc2)c([N+](=O)[O-])c1. The first-order chi connectivity index (χ1) is 11.7. The van der Waals surface area contributed by atoms with Crippen molar-refractivity contribution < 1.29 is 9.72 Å². The van der Waals surface area contributed by atoms with Crippen LogP contribution < -0.4 is 5.32 Å². The third-order valence-electron chi connectivity index (χ3n) is 3.81. The second kappa shape index (κ2) is 7.30. The summed E-state index contributed by atoms with van der Waals surface area (Å²) in [5.74, 6) is -0.410. The van der Waals surface area contributed by atoms with Gasteiger partial charge in [0.1, 0.15) is 5.69 Å². The number of carbonyl (C=O) groups excluding carboxylic acids is 1. The highest BCUT2D eigenvalue weighted by atomic mass is 16.6. The number of nitrogens with one attached hydrogen (secondary N) is 1. The summed E-state index contributed by atoms with van der Waals surface area (Å²) in [5.41, 5.74) is 3.01. The highest BCUT2D eigenvalue weighted by molar-refractivity contribution is 6.03. The number of carbonyl (C=O) groups is 1. The highest BCUT2D eigenvalue weighted by Gasteiger charge is 2.15. The molecule has 0 spiro atoms. The van der Waals surface area contributed by atoms with Crippen LogP contribution in [0, 0.1) is 17.0 Å². The topological polar surface area (TPSA) is 72.2 Å². The van der Waals surface area contributed by atoms with Crippen LogP contribution in [0.15, 0.2) is 48.5 Å². The van der Waals surface area contributed by atoms with Crippen LogP contribution in [0.5, 0.6) is 0 Å². The molecule has 25 heavy (non-hydrogen) atoms. The molecule has 2 aromatic carbocycles. The van der Waals surface area contributed by atoms with Gasteiger partial charge in [-0.15, -0.1) is 0 Å². The first-order valence-corrected chi connectivity index (χ1v) is 8.01. The van der Waals surface area contributed by atoms with Crippen LogP contribution in [0.1, 0.15) is 37.5 Å². The molecule has 0 aliphatic rings. The van der Waals surface area contributed by atoms with Crippen LogP contribution in [0.25, 0.3) is 6.08 Å². The summed E-state index contributed by atoms with van der Waals surface area (Å²) in [6, 6.07) is 12.6. The van der Waals surface area contributed by atoms with Crippen molar-refractivity contribution in [3.05, 3.63) is 75.3 Å². The fourth-order valence-electron chi connectivity index (χ4n) is 2.34. The number of benzene rings is 2. The van der Waals surface area contributed by atoms with Gasteiger partial charge in [0.2, 0.25) is 5.91 Å². The molecule has 0 unspecified atom stereocenters. The number of hydrogen-bond acceptors (Lipinski definition) is 3. The lowest BCUT2D eigenvalue weighted by Crippen LogP contribution is -2.10. The number of aryl methyl sites for hydroxylation is 1. The first-order valence-electron chi connectivity index (χ1n) is 8.01. The smallest absolute Gasteiger partial charge is 0.293 e. The van der Waals surface area contributed by atoms with E-state index in [1.54, 1.807) is 19.1 Å². The molecule has 0 atom stereocenters. The molecule has 130 valence electrons. The second-order valence-corrected chi connectivity index (χ2v) is 6.97. The van der Waals surface area contributed by atoms with Gasteiger partial charge >= 0.3 is 0 Å². The first kappa shape index (κ1) is 18.4. The maximum Gasteiger partial charge on any atom is 0.293 e. The molecule has 0 aromatic heterocycles. The molecule has 1 N–H and O–H groups in total. The summed E-state index contributed by atoms with van der Waals surface area (Å²) < 4.78 is 0. The molecular formula is C20H22N2O3. The highest BCUT2D eigenvalue weighted by Crippen LogP contribution is 2.25. The number of nitrogens with zero attached hydrogens (tertiary/aromatic N) is 1. The van der Waals surface area contributed by atoms with Gasteiger partial charge in [0.15, 0.2) is 0 Å². The van der Waals surface area contributed by atoms with Crippen LogP contribution >= 0.6 is 0 Å². The van der Waals surface area contributed by atoms with Gasteiger partial charge in [-0.25, -0.2) is 0 Å². The lowest BCUT2D eigenvalue weighted by atomic mass is 9.87. The van der Waals surface area contributed by atoms with E-state index in [0.717, 1.165) is 11.1 Å². The third-order valence-corrected chi connectivity index (χ3v) is 3.81. The molecule has 5 heteroatoms. The summed E-state index contributed by atoms with van der Waals surface area (Å²) in [5, 5.41) is 13.6. The molecule has 0 bridgehead atoms. The maximum atomic E-state index is 12.1. The Bertz CT molecular complexity index is 816. The van der Waals surface area contributed by atoms with E-state index in [4.69, 9.17) is 0 Å². The van der Waals surface area contributed by atoms with Gasteiger partial charge in [0.05, 0.1) is 4.92 Å². The minimum absolute atomic E-state index is 0.0734. The fourth-order valence-corrected chi connectivity index (χ4v) is 2.34. The monoisotopic (exact) mass is 338 g/mol. The van der Waals surface area contributed by atoms with Gasteiger partial charge in [0.25, 0.3) is 5.69 Å². The van der Waals surface area contributed by atoms with Crippen molar-refractivity contribution in [3.8, 4) is 0 Å². The van der Waals surface area contributed by atoms with Crippen molar-refractivity contribution in [1.82, 2.24) is 0 Å². The Morgan fingerprint density at radius 3 is 2.32 bits per heavy atom. The summed E-state index contributed by atoms with van der Waals surface area (Å²) in [6.45, 7) is 8.18. The molecule has 0 saturated heterocycles. The van der Waals surface area contributed by atoms with Gasteiger partial charge in [0, 0.05) is 12.1 Å². The number of rotatable bonds is 4. The Hall–Kier alpha value is -2.95. The van der Waals surface area contributed by atoms with E-state index in [9.17, 15) is 14.9 Å². The van der Waals surface area contributed by atoms with E-state index in [0.29, 0.717) is 0 Å². The van der Waals surface area contributed by atoms with Crippen molar-refractivity contribution in [2.75, 3.05) is 5.32 Å². The fraction of sp³-hybridized carbons (Fsp3) is 0.250. The van der Waals surface area contributed by atoms with Crippen LogP contribution in [0.3, 0.4) is 0 Å². The average Bonchev–Trinajstić information content (AvgIpc) is 2.54. The quantitative estimate of drug-likeness (QED) is 0.492. The molecule has 2 rings (SSSR count). The summed E-state index contributed by atoms with van der Waals surface area (Å²) in [7, 11) is 0. The lowest BCUT2D eigenvalue weighted by Gasteiger charge is -2.18. The predicted molar refractivity (Wildman–Crippen MR) is 101 cm³/mol. The van der Waals surface area contributed by atoms with Crippen molar-refractivity contribution in [1.29, 1.82) is 0 Å². The largest absolute Gasteiger partial charge is 0.317 e. The molecule has 0 aliphatic carbocycles. The summed E-state index contributed by atoms with van der Waals surface area (Å²) in [4.78, 5) is 22.6. The van der Waals surface area contributed by atoms with E-state index >= 15 is 0 Å². The van der Waals surface area contributed by atoms with Gasteiger partial charge < -0.3 is 5.32 Å². The Balaban J connectivity index is 2.10. The van der Waals surface area contributed by atoms with Crippen LogP contribution in [0.4, 0.5) is 11.4 Å².